The van der Waals surface area contributed by atoms with Crippen molar-refractivity contribution in [2.45, 2.75) is 26.4 Å². The molecule has 0 aromatic carbocycles. The second kappa shape index (κ2) is 5.44. The van der Waals surface area contributed by atoms with Gasteiger partial charge < -0.3 is 20.5 Å². The minimum atomic E-state index is -0.207. The lowest BCUT2D eigenvalue weighted by molar-refractivity contribution is 0.0968. The van der Waals surface area contributed by atoms with Crippen molar-refractivity contribution in [2.75, 3.05) is 30.3 Å². The van der Waals surface area contributed by atoms with Crippen LogP contribution in [-0.4, -0.2) is 35.9 Å². The number of nitrogens with zero attached hydrogens (tertiary/aromatic N) is 2. The molecule has 0 spiro atoms. The number of piperidine rings is 1. The third kappa shape index (κ3) is 2.67. The van der Waals surface area contributed by atoms with Crippen molar-refractivity contribution in [1.82, 2.24) is 4.98 Å². The summed E-state index contributed by atoms with van der Waals surface area (Å²) in [6.07, 6.45) is 0.568. The molecule has 2 heterocycles. The first-order chi connectivity index (χ1) is 8.61. The number of pyridine rings is 1. The second-order valence-corrected chi connectivity index (χ2v) is 4.78. The Labute approximate surface area is 108 Å². The summed E-state index contributed by atoms with van der Waals surface area (Å²) in [5, 5.41) is 9.73. The number of aliphatic hydroxyl groups excluding tert-OH is 1. The largest absolute Gasteiger partial charge is 0.476 e. The molecule has 0 saturated carbocycles. The van der Waals surface area contributed by atoms with E-state index in [-0.39, 0.29) is 12.0 Å². The summed E-state index contributed by atoms with van der Waals surface area (Å²) in [4.78, 5) is 6.61. The molecule has 3 N–H and O–H groups in total. The van der Waals surface area contributed by atoms with E-state index < -0.39 is 0 Å². The van der Waals surface area contributed by atoms with Crippen molar-refractivity contribution in [2.24, 2.45) is 5.92 Å². The average molecular weight is 251 g/mol. The van der Waals surface area contributed by atoms with E-state index in [0.717, 1.165) is 25.3 Å². The van der Waals surface area contributed by atoms with E-state index in [0.29, 0.717) is 18.2 Å². The van der Waals surface area contributed by atoms with Crippen LogP contribution in [-0.2, 0) is 0 Å². The lowest BCUT2D eigenvalue weighted by Crippen LogP contribution is -2.42. The summed E-state index contributed by atoms with van der Waals surface area (Å²) in [6.45, 7) is 6.14. The van der Waals surface area contributed by atoms with Gasteiger partial charge in [-0.3, -0.25) is 0 Å². The van der Waals surface area contributed by atoms with Gasteiger partial charge in [0.05, 0.1) is 18.4 Å². The van der Waals surface area contributed by atoms with Crippen LogP contribution >= 0.6 is 0 Å². The summed E-state index contributed by atoms with van der Waals surface area (Å²) >= 11 is 0. The van der Waals surface area contributed by atoms with E-state index in [4.69, 9.17) is 10.5 Å². The topological polar surface area (TPSA) is 71.6 Å². The van der Waals surface area contributed by atoms with Gasteiger partial charge in [-0.1, -0.05) is 6.92 Å². The molecule has 1 aromatic heterocycles. The maximum absolute atomic E-state index is 9.73. The van der Waals surface area contributed by atoms with E-state index in [9.17, 15) is 5.11 Å². The van der Waals surface area contributed by atoms with E-state index in [1.807, 2.05) is 19.1 Å². The number of anilines is 2. The van der Waals surface area contributed by atoms with Crippen LogP contribution in [0.15, 0.2) is 12.1 Å². The average Bonchev–Trinajstić information content (AvgIpc) is 2.36. The molecule has 2 rings (SSSR count). The molecule has 0 radical (unpaired) electrons. The zero-order chi connectivity index (χ0) is 13.1. The van der Waals surface area contributed by atoms with E-state index in [1.165, 1.54) is 0 Å². The van der Waals surface area contributed by atoms with Gasteiger partial charge in [0.25, 0.3) is 0 Å². The highest BCUT2D eigenvalue weighted by molar-refractivity contribution is 5.54. The first-order valence-electron chi connectivity index (χ1n) is 6.44. The van der Waals surface area contributed by atoms with Crippen LogP contribution in [0.1, 0.15) is 20.3 Å². The fraction of sp³-hybridized carbons (Fsp3) is 0.615. The maximum atomic E-state index is 9.73. The lowest BCUT2D eigenvalue weighted by Gasteiger charge is -2.35. The molecule has 18 heavy (non-hydrogen) atoms. The van der Waals surface area contributed by atoms with Crippen LogP contribution in [0.25, 0.3) is 0 Å². The molecule has 0 bridgehead atoms. The molecule has 1 aromatic rings. The van der Waals surface area contributed by atoms with Crippen LogP contribution < -0.4 is 15.4 Å². The number of nitrogen functional groups attached to an aromatic ring is 1. The summed E-state index contributed by atoms with van der Waals surface area (Å²) < 4.78 is 5.40. The molecule has 2 atom stereocenters. The van der Waals surface area contributed by atoms with Gasteiger partial charge in [0.2, 0.25) is 5.88 Å². The standard InChI is InChI=1S/C13H21N3O2/c1-3-18-13-10(14)4-5-12(15-13)16-7-6-11(17)9(2)8-16/h4-5,9,11,17H,3,6-8,14H2,1-2H3. The fourth-order valence-electron chi connectivity index (χ4n) is 2.21. The maximum Gasteiger partial charge on any atom is 0.239 e. The third-order valence-electron chi connectivity index (χ3n) is 3.34. The molecule has 2 unspecified atom stereocenters. The number of nitrogens with two attached hydrogens (primary N) is 1. The van der Waals surface area contributed by atoms with Crippen molar-refractivity contribution in [3.05, 3.63) is 12.1 Å². The third-order valence-corrected chi connectivity index (χ3v) is 3.34. The van der Waals surface area contributed by atoms with Gasteiger partial charge in [-0.25, -0.2) is 0 Å². The predicted molar refractivity (Wildman–Crippen MR) is 71.8 cm³/mol. The zero-order valence-electron chi connectivity index (χ0n) is 11.0. The number of ether oxygens (including phenoxy) is 1. The van der Waals surface area contributed by atoms with Crippen molar-refractivity contribution >= 4 is 11.5 Å². The molecule has 1 saturated heterocycles. The number of aliphatic hydroxyl groups is 1. The zero-order valence-corrected chi connectivity index (χ0v) is 11.0. The van der Waals surface area contributed by atoms with Gasteiger partial charge >= 0.3 is 0 Å². The number of hydrogen-bond acceptors (Lipinski definition) is 5. The van der Waals surface area contributed by atoms with E-state index in [1.54, 1.807) is 0 Å². The van der Waals surface area contributed by atoms with Crippen molar-refractivity contribution in [3.63, 3.8) is 0 Å². The first kappa shape index (κ1) is 13.0. The van der Waals surface area contributed by atoms with Crippen LogP contribution in [0.4, 0.5) is 11.5 Å². The molecule has 0 amide bonds. The highest BCUT2D eigenvalue weighted by Crippen LogP contribution is 2.26. The van der Waals surface area contributed by atoms with Gasteiger partial charge in [0.15, 0.2) is 0 Å². The number of rotatable bonds is 3. The molecular weight excluding hydrogens is 230 g/mol. The van der Waals surface area contributed by atoms with Gasteiger partial charge in [-0.05, 0) is 31.4 Å². The van der Waals surface area contributed by atoms with E-state index in [2.05, 4.69) is 16.8 Å². The normalized spacial score (nSPS) is 24.1. The Morgan fingerprint density at radius 2 is 2.33 bits per heavy atom. The SMILES string of the molecule is CCOc1nc(N2CCC(O)C(C)C2)ccc1N. The Kier molecular flexibility index (Phi) is 3.91. The Bertz CT molecular complexity index is 411. The predicted octanol–water partition coefficient (Wildman–Crippen LogP) is 1.27. The van der Waals surface area contributed by atoms with Crippen molar-refractivity contribution in [1.29, 1.82) is 0 Å². The van der Waals surface area contributed by atoms with E-state index >= 15 is 0 Å². The highest BCUT2D eigenvalue weighted by atomic mass is 16.5. The molecule has 1 aliphatic heterocycles. The minimum Gasteiger partial charge on any atom is -0.476 e. The van der Waals surface area contributed by atoms with Gasteiger partial charge in [0, 0.05) is 13.1 Å². The lowest BCUT2D eigenvalue weighted by atomic mass is 9.97. The summed E-state index contributed by atoms with van der Waals surface area (Å²) in [5.74, 6) is 1.62. The molecule has 5 nitrogen and oxygen atoms in total. The Hall–Kier alpha value is -1.49. The minimum absolute atomic E-state index is 0.207. The molecule has 100 valence electrons. The Morgan fingerprint density at radius 3 is 3.00 bits per heavy atom. The smallest absolute Gasteiger partial charge is 0.239 e. The number of aromatic nitrogens is 1. The van der Waals surface area contributed by atoms with Crippen LogP contribution in [0, 0.1) is 5.92 Å². The Balaban J connectivity index is 2.15. The molecule has 0 aliphatic carbocycles. The van der Waals surface area contributed by atoms with Gasteiger partial charge in [-0.15, -0.1) is 0 Å². The Morgan fingerprint density at radius 1 is 1.56 bits per heavy atom. The van der Waals surface area contributed by atoms with Crippen molar-refractivity contribution < 1.29 is 9.84 Å². The van der Waals surface area contributed by atoms with Crippen LogP contribution in [0.5, 0.6) is 5.88 Å². The summed E-state index contributed by atoms with van der Waals surface area (Å²) in [6, 6.07) is 3.73. The highest BCUT2D eigenvalue weighted by Gasteiger charge is 2.25. The molecule has 1 aliphatic rings. The monoisotopic (exact) mass is 251 g/mol. The van der Waals surface area contributed by atoms with Crippen LogP contribution in [0.2, 0.25) is 0 Å². The second-order valence-electron chi connectivity index (χ2n) is 4.78. The van der Waals surface area contributed by atoms with Crippen LogP contribution in [0.3, 0.4) is 0 Å². The number of hydrogen-bond donors (Lipinski definition) is 2. The quantitative estimate of drug-likeness (QED) is 0.846. The molecule has 1 fully saturated rings. The van der Waals surface area contributed by atoms with Gasteiger partial charge in [-0.2, -0.15) is 4.98 Å². The summed E-state index contributed by atoms with van der Waals surface area (Å²) in [5.41, 5.74) is 6.37. The first-order valence-corrected chi connectivity index (χ1v) is 6.44. The molecule has 5 heteroatoms. The summed E-state index contributed by atoms with van der Waals surface area (Å²) in [7, 11) is 0. The van der Waals surface area contributed by atoms with Gasteiger partial charge in [0.1, 0.15) is 5.82 Å². The fourth-order valence-corrected chi connectivity index (χ4v) is 2.21. The molecular formula is C13H21N3O2. The van der Waals surface area contributed by atoms with Crippen molar-refractivity contribution in [3.8, 4) is 5.88 Å².